The lowest BCUT2D eigenvalue weighted by Gasteiger charge is -2.32. The molecule has 1 saturated heterocycles. The van der Waals surface area contributed by atoms with Crippen LogP contribution in [0.2, 0.25) is 0 Å². The van der Waals surface area contributed by atoms with Crippen LogP contribution in [0.4, 0.5) is 0 Å². The van der Waals surface area contributed by atoms with Crippen LogP contribution in [0.1, 0.15) is 25.6 Å². The van der Waals surface area contributed by atoms with Gasteiger partial charge in [0.1, 0.15) is 5.69 Å². The van der Waals surface area contributed by atoms with Gasteiger partial charge >= 0.3 is 0 Å². The molecule has 29 heavy (non-hydrogen) atoms. The van der Waals surface area contributed by atoms with Gasteiger partial charge < -0.3 is 15.2 Å². The van der Waals surface area contributed by atoms with E-state index in [0.29, 0.717) is 36.4 Å². The molecule has 0 aliphatic carbocycles. The van der Waals surface area contributed by atoms with E-state index < -0.39 is 0 Å². The first kappa shape index (κ1) is 23.3. The number of aliphatic imine (C=N–C) groups is 1. The van der Waals surface area contributed by atoms with Gasteiger partial charge in [0, 0.05) is 51.4 Å². The fraction of sp³-hybridized carbons (Fsp3) is 0.500. The standard InChI is InChI=1S/C20H29N7O.HI/c1-3-13-27-14-9-16(10-15-27)24-20(21-4-2)23-12-8-18-25-19(28-26-18)17-7-5-6-11-22-17;/h3,5-7,11,16H,1,4,8-10,12-15H2,2H3,(H2,21,23,24);1H. The Kier molecular flexibility index (Phi) is 10.1. The van der Waals surface area contributed by atoms with E-state index in [2.05, 4.69) is 49.2 Å². The molecule has 1 aliphatic heterocycles. The summed E-state index contributed by atoms with van der Waals surface area (Å²) in [5.41, 5.74) is 0.683. The maximum absolute atomic E-state index is 5.29. The van der Waals surface area contributed by atoms with Crippen LogP contribution in [0.15, 0.2) is 46.6 Å². The number of aromatic nitrogens is 3. The summed E-state index contributed by atoms with van der Waals surface area (Å²) in [5, 5.41) is 10.9. The number of pyridine rings is 1. The third-order valence-corrected chi connectivity index (χ3v) is 4.62. The Balaban J connectivity index is 0.00000300. The van der Waals surface area contributed by atoms with Crippen LogP contribution in [0.3, 0.4) is 0 Å². The molecule has 0 unspecified atom stereocenters. The highest BCUT2D eigenvalue weighted by atomic mass is 127. The van der Waals surface area contributed by atoms with Crippen LogP contribution in [0, 0.1) is 0 Å². The zero-order chi connectivity index (χ0) is 19.6. The average Bonchev–Trinajstić information content (AvgIpc) is 3.19. The molecule has 0 spiro atoms. The first-order valence-corrected chi connectivity index (χ1v) is 9.90. The van der Waals surface area contributed by atoms with E-state index in [1.54, 1.807) is 6.20 Å². The molecule has 1 fully saturated rings. The molecule has 9 heteroatoms. The summed E-state index contributed by atoms with van der Waals surface area (Å²) >= 11 is 0. The summed E-state index contributed by atoms with van der Waals surface area (Å²) in [5.74, 6) is 1.92. The average molecular weight is 511 g/mol. The molecule has 0 radical (unpaired) electrons. The van der Waals surface area contributed by atoms with Crippen molar-refractivity contribution in [2.24, 2.45) is 4.99 Å². The number of hydrogen-bond acceptors (Lipinski definition) is 6. The Hall–Kier alpha value is -2.01. The van der Waals surface area contributed by atoms with Crippen molar-refractivity contribution in [1.82, 2.24) is 30.7 Å². The van der Waals surface area contributed by atoms with Gasteiger partial charge in [0.2, 0.25) is 0 Å². The van der Waals surface area contributed by atoms with Crippen LogP contribution < -0.4 is 10.6 Å². The van der Waals surface area contributed by atoms with E-state index in [1.807, 2.05) is 24.3 Å². The Labute approximate surface area is 189 Å². The van der Waals surface area contributed by atoms with E-state index in [1.165, 1.54) is 0 Å². The molecule has 0 saturated carbocycles. The molecule has 3 rings (SSSR count). The smallest absolute Gasteiger partial charge is 0.276 e. The van der Waals surface area contributed by atoms with Gasteiger partial charge in [0.05, 0.1) is 0 Å². The van der Waals surface area contributed by atoms with E-state index >= 15 is 0 Å². The third kappa shape index (κ3) is 7.39. The lowest BCUT2D eigenvalue weighted by molar-refractivity contribution is 0.225. The van der Waals surface area contributed by atoms with Crippen molar-refractivity contribution in [3.05, 3.63) is 42.9 Å². The Morgan fingerprint density at radius 1 is 1.38 bits per heavy atom. The van der Waals surface area contributed by atoms with Crippen molar-refractivity contribution in [3.63, 3.8) is 0 Å². The van der Waals surface area contributed by atoms with Crippen molar-refractivity contribution < 1.29 is 4.52 Å². The Morgan fingerprint density at radius 3 is 2.90 bits per heavy atom. The van der Waals surface area contributed by atoms with Gasteiger partial charge in [-0.2, -0.15) is 4.98 Å². The molecule has 2 aromatic rings. The molecule has 2 aromatic heterocycles. The second-order valence-corrected chi connectivity index (χ2v) is 6.75. The number of hydrogen-bond donors (Lipinski definition) is 2. The van der Waals surface area contributed by atoms with Gasteiger partial charge in [-0.15, -0.1) is 30.6 Å². The molecule has 3 heterocycles. The van der Waals surface area contributed by atoms with Gasteiger partial charge in [-0.05, 0) is 31.9 Å². The number of nitrogens with zero attached hydrogens (tertiary/aromatic N) is 5. The van der Waals surface area contributed by atoms with Gasteiger partial charge in [-0.1, -0.05) is 17.3 Å². The third-order valence-electron chi connectivity index (χ3n) is 4.62. The highest BCUT2D eigenvalue weighted by Crippen LogP contribution is 2.13. The van der Waals surface area contributed by atoms with Gasteiger partial charge in [-0.3, -0.25) is 14.9 Å². The van der Waals surface area contributed by atoms with Gasteiger partial charge in [-0.25, -0.2) is 0 Å². The van der Waals surface area contributed by atoms with Crippen molar-refractivity contribution in [2.75, 3.05) is 32.7 Å². The highest BCUT2D eigenvalue weighted by Gasteiger charge is 2.19. The molecule has 0 bridgehead atoms. The first-order valence-electron chi connectivity index (χ1n) is 9.90. The van der Waals surface area contributed by atoms with Crippen molar-refractivity contribution in [2.45, 2.75) is 32.2 Å². The molecule has 2 N–H and O–H groups in total. The van der Waals surface area contributed by atoms with Crippen LogP contribution in [-0.2, 0) is 6.42 Å². The fourth-order valence-electron chi connectivity index (χ4n) is 3.17. The SMILES string of the molecule is C=CCN1CCC(NC(=NCCc2noc(-c3ccccn3)n2)NCC)CC1.I. The fourth-order valence-corrected chi connectivity index (χ4v) is 3.17. The predicted octanol–water partition coefficient (Wildman–Crippen LogP) is 2.50. The van der Waals surface area contributed by atoms with E-state index in [-0.39, 0.29) is 24.0 Å². The van der Waals surface area contributed by atoms with Crippen LogP contribution in [0.5, 0.6) is 0 Å². The Morgan fingerprint density at radius 2 is 2.21 bits per heavy atom. The second kappa shape index (κ2) is 12.5. The lowest BCUT2D eigenvalue weighted by atomic mass is 10.1. The maximum Gasteiger partial charge on any atom is 0.276 e. The summed E-state index contributed by atoms with van der Waals surface area (Å²) < 4.78 is 5.29. The quantitative estimate of drug-likeness (QED) is 0.244. The zero-order valence-corrected chi connectivity index (χ0v) is 19.2. The molecule has 0 aromatic carbocycles. The summed E-state index contributed by atoms with van der Waals surface area (Å²) in [4.78, 5) is 15.7. The van der Waals surface area contributed by atoms with Crippen LogP contribution in [-0.4, -0.2) is 64.7 Å². The largest absolute Gasteiger partial charge is 0.357 e. The minimum absolute atomic E-state index is 0. The second-order valence-electron chi connectivity index (χ2n) is 6.75. The number of guanidine groups is 1. The molecule has 1 aliphatic rings. The summed E-state index contributed by atoms with van der Waals surface area (Å²) in [6.45, 7) is 10.4. The molecule has 8 nitrogen and oxygen atoms in total. The number of piperidine rings is 1. The van der Waals surface area contributed by atoms with E-state index in [9.17, 15) is 0 Å². The van der Waals surface area contributed by atoms with Crippen molar-refractivity contribution in [3.8, 4) is 11.6 Å². The Bertz CT molecular complexity index is 757. The monoisotopic (exact) mass is 511 g/mol. The van der Waals surface area contributed by atoms with Gasteiger partial charge in [0.25, 0.3) is 5.89 Å². The molecular formula is C20H30IN7O. The summed E-state index contributed by atoms with van der Waals surface area (Å²) in [6, 6.07) is 6.05. The van der Waals surface area contributed by atoms with Crippen LogP contribution >= 0.6 is 24.0 Å². The van der Waals surface area contributed by atoms with Gasteiger partial charge in [0.15, 0.2) is 11.8 Å². The summed E-state index contributed by atoms with van der Waals surface area (Å²) in [7, 11) is 0. The molecule has 0 amide bonds. The van der Waals surface area contributed by atoms with Crippen LogP contribution in [0.25, 0.3) is 11.6 Å². The molecular weight excluding hydrogens is 481 g/mol. The molecule has 0 atom stereocenters. The zero-order valence-electron chi connectivity index (χ0n) is 16.9. The van der Waals surface area contributed by atoms with E-state index in [0.717, 1.165) is 45.0 Å². The minimum atomic E-state index is 0. The first-order chi connectivity index (χ1) is 13.8. The normalized spacial score (nSPS) is 15.6. The minimum Gasteiger partial charge on any atom is -0.357 e. The number of rotatable bonds is 8. The lowest BCUT2D eigenvalue weighted by Crippen LogP contribution is -2.48. The highest BCUT2D eigenvalue weighted by molar-refractivity contribution is 14.0. The number of nitrogens with one attached hydrogen (secondary N) is 2. The topological polar surface area (TPSA) is 91.5 Å². The maximum atomic E-state index is 5.29. The number of likely N-dealkylation sites (tertiary alicyclic amines) is 1. The van der Waals surface area contributed by atoms with Crippen molar-refractivity contribution >= 4 is 29.9 Å². The van der Waals surface area contributed by atoms with E-state index in [4.69, 9.17) is 4.52 Å². The molecule has 158 valence electrons. The van der Waals surface area contributed by atoms with Crippen molar-refractivity contribution in [1.29, 1.82) is 0 Å². The predicted molar refractivity (Wildman–Crippen MR) is 125 cm³/mol. The summed E-state index contributed by atoms with van der Waals surface area (Å²) in [6.07, 6.45) is 6.51. The number of halogens is 1.